The summed E-state index contributed by atoms with van der Waals surface area (Å²) in [5.74, 6) is 0.506. The van der Waals surface area contributed by atoms with Gasteiger partial charge in [0.2, 0.25) is 0 Å². The lowest BCUT2D eigenvalue weighted by Crippen LogP contribution is -2.50. The van der Waals surface area contributed by atoms with E-state index in [0.717, 1.165) is 25.1 Å². The number of aromatic nitrogens is 1. The number of hydrogen-bond acceptors (Lipinski definition) is 4. The second-order valence-electron chi connectivity index (χ2n) is 7.05. The van der Waals surface area contributed by atoms with Crippen molar-refractivity contribution in [2.75, 3.05) is 25.0 Å². The maximum absolute atomic E-state index is 14.3. The van der Waals surface area contributed by atoms with Crippen LogP contribution in [0.5, 0.6) is 0 Å². The van der Waals surface area contributed by atoms with Crippen LogP contribution in [0.3, 0.4) is 0 Å². The second-order valence-corrected chi connectivity index (χ2v) is 7.05. The molecule has 23 heavy (non-hydrogen) atoms. The van der Waals surface area contributed by atoms with Crippen molar-refractivity contribution >= 4 is 11.7 Å². The Labute approximate surface area is 135 Å². The highest BCUT2D eigenvalue weighted by Gasteiger charge is 2.52. The van der Waals surface area contributed by atoms with Gasteiger partial charge in [0.25, 0.3) is 5.91 Å². The van der Waals surface area contributed by atoms with Crippen molar-refractivity contribution in [1.82, 2.24) is 9.88 Å². The number of amides is 1. The number of pyridine rings is 1. The van der Waals surface area contributed by atoms with Crippen LogP contribution in [-0.2, 0) is 9.53 Å². The summed E-state index contributed by atoms with van der Waals surface area (Å²) in [7, 11) is 0. The number of nitrogens with one attached hydrogen (secondary N) is 1. The van der Waals surface area contributed by atoms with E-state index in [-0.39, 0.29) is 17.6 Å². The number of likely N-dealkylation sites (tertiary alicyclic amines) is 1. The van der Waals surface area contributed by atoms with E-state index in [2.05, 4.69) is 10.3 Å². The Hall–Kier alpha value is -1.69. The molecule has 1 spiro atoms. The normalized spacial score (nSPS) is 32.0. The predicted octanol–water partition coefficient (Wildman–Crippen LogP) is 2.15. The highest BCUT2D eigenvalue weighted by Crippen LogP contribution is 2.41. The van der Waals surface area contributed by atoms with E-state index < -0.39 is 5.67 Å². The second kappa shape index (κ2) is 5.44. The summed E-state index contributed by atoms with van der Waals surface area (Å²) in [5, 5.41) is 3.38. The van der Waals surface area contributed by atoms with E-state index in [0.29, 0.717) is 32.5 Å². The molecule has 0 aromatic carbocycles. The Bertz CT molecular complexity index is 593. The third kappa shape index (κ3) is 2.69. The Morgan fingerprint density at radius 3 is 2.96 bits per heavy atom. The molecule has 2 saturated heterocycles. The van der Waals surface area contributed by atoms with Crippen LogP contribution in [0.1, 0.15) is 32.1 Å². The van der Waals surface area contributed by atoms with Gasteiger partial charge in [-0.2, -0.15) is 0 Å². The van der Waals surface area contributed by atoms with Gasteiger partial charge in [0.15, 0.2) is 5.67 Å². The summed E-state index contributed by atoms with van der Waals surface area (Å²) in [6.45, 7) is 1.71. The highest BCUT2D eigenvalue weighted by atomic mass is 19.1. The molecule has 5 nitrogen and oxygen atoms in total. The third-order valence-electron chi connectivity index (χ3n) is 5.36. The van der Waals surface area contributed by atoms with Crippen molar-refractivity contribution in [3.63, 3.8) is 0 Å². The highest BCUT2D eigenvalue weighted by molar-refractivity contribution is 5.86. The largest absolute Gasteiger partial charge is 0.371 e. The summed E-state index contributed by atoms with van der Waals surface area (Å²) < 4.78 is 20.4. The number of halogens is 1. The van der Waals surface area contributed by atoms with Gasteiger partial charge < -0.3 is 15.0 Å². The zero-order valence-electron chi connectivity index (χ0n) is 13.1. The van der Waals surface area contributed by atoms with Gasteiger partial charge in [-0.15, -0.1) is 0 Å². The number of ether oxygens (including phenoxy) is 1. The van der Waals surface area contributed by atoms with E-state index in [1.165, 1.54) is 0 Å². The molecular weight excluding hydrogens is 297 g/mol. The third-order valence-corrected chi connectivity index (χ3v) is 5.36. The minimum absolute atomic E-state index is 0.183. The molecule has 4 rings (SSSR count). The molecule has 6 heteroatoms. The zero-order valence-corrected chi connectivity index (χ0v) is 13.1. The number of rotatable bonds is 3. The maximum Gasteiger partial charge on any atom is 0.260 e. The average molecular weight is 319 g/mol. The number of hydrogen-bond donors (Lipinski definition) is 1. The summed E-state index contributed by atoms with van der Waals surface area (Å²) in [6.07, 6.45) is 4.93. The first-order chi connectivity index (χ1) is 11.1. The fraction of sp³-hybridized carbons (Fsp3) is 0.647. The van der Waals surface area contributed by atoms with E-state index >= 15 is 0 Å². The first kappa shape index (κ1) is 14.9. The van der Waals surface area contributed by atoms with Crippen LogP contribution in [0.2, 0.25) is 0 Å². The molecule has 1 amide bonds. The molecule has 0 radical (unpaired) electrons. The lowest BCUT2D eigenvalue weighted by Gasteiger charge is -2.36. The number of carbonyl (C=O) groups is 1. The van der Waals surface area contributed by atoms with Gasteiger partial charge in [-0.1, -0.05) is 6.07 Å². The molecule has 1 saturated carbocycles. The van der Waals surface area contributed by atoms with Crippen molar-refractivity contribution in [1.29, 1.82) is 0 Å². The van der Waals surface area contributed by atoms with Crippen molar-refractivity contribution < 1.29 is 13.9 Å². The van der Waals surface area contributed by atoms with E-state index in [4.69, 9.17) is 4.74 Å². The van der Waals surface area contributed by atoms with Gasteiger partial charge in [-0.25, -0.2) is 9.37 Å². The Kier molecular flexibility index (Phi) is 3.52. The smallest absolute Gasteiger partial charge is 0.260 e. The molecule has 3 heterocycles. The molecule has 2 atom stereocenters. The molecule has 2 unspecified atom stereocenters. The van der Waals surface area contributed by atoms with Crippen molar-refractivity contribution in [3.05, 3.63) is 24.4 Å². The van der Waals surface area contributed by atoms with Gasteiger partial charge in [-0.05, 0) is 37.8 Å². The van der Waals surface area contributed by atoms with Gasteiger partial charge in [0.1, 0.15) is 5.82 Å². The first-order valence-corrected chi connectivity index (χ1v) is 8.39. The van der Waals surface area contributed by atoms with E-state index in [1.54, 1.807) is 11.1 Å². The molecule has 1 N–H and O–H groups in total. The SMILES string of the molecule is O=C(N1CCC2(CC(Nc3ccccn3)CO2)C1)C1(F)CCC1. The van der Waals surface area contributed by atoms with Crippen LogP contribution in [0.25, 0.3) is 0 Å². The van der Waals surface area contributed by atoms with Crippen LogP contribution in [-0.4, -0.2) is 52.8 Å². The van der Waals surface area contributed by atoms with Gasteiger partial charge in [-0.3, -0.25) is 4.79 Å². The van der Waals surface area contributed by atoms with E-state index in [1.807, 2.05) is 18.2 Å². The van der Waals surface area contributed by atoms with Crippen molar-refractivity contribution in [2.45, 2.75) is 49.4 Å². The van der Waals surface area contributed by atoms with Crippen LogP contribution < -0.4 is 5.32 Å². The lowest BCUT2D eigenvalue weighted by molar-refractivity contribution is -0.149. The average Bonchev–Trinajstić information content (AvgIpc) is 3.13. The lowest BCUT2D eigenvalue weighted by atomic mass is 9.81. The van der Waals surface area contributed by atoms with Crippen LogP contribution in [0.15, 0.2) is 24.4 Å². The van der Waals surface area contributed by atoms with Gasteiger partial charge in [0, 0.05) is 25.7 Å². The monoisotopic (exact) mass is 319 g/mol. The van der Waals surface area contributed by atoms with Crippen LogP contribution >= 0.6 is 0 Å². The molecular formula is C17H22FN3O2. The summed E-state index contributed by atoms with van der Waals surface area (Å²) in [5.41, 5.74) is -1.92. The standard InChI is InChI=1S/C17H22FN3O2/c18-17(5-3-6-17)15(22)21-9-7-16(12-21)10-13(11-23-16)20-14-4-1-2-8-19-14/h1-2,4,8,13H,3,5-7,9-12H2,(H,19,20). The molecule has 2 aliphatic heterocycles. The predicted molar refractivity (Wildman–Crippen MR) is 83.8 cm³/mol. The Morgan fingerprint density at radius 1 is 1.39 bits per heavy atom. The van der Waals surface area contributed by atoms with Gasteiger partial charge >= 0.3 is 0 Å². The Balaban J connectivity index is 1.37. The molecule has 124 valence electrons. The molecule has 3 fully saturated rings. The molecule has 1 aromatic heterocycles. The summed E-state index contributed by atoms with van der Waals surface area (Å²) >= 11 is 0. The molecule has 3 aliphatic rings. The minimum atomic E-state index is -1.60. The topological polar surface area (TPSA) is 54.5 Å². The quantitative estimate of drug-likeness (QED) is 0.927. The van der Waals surface area contributed by atoms with E-state index in [9.17, 15) is 9.18 Å². The number of anilines is 1. The van der Waals surface area contributed by atoms with Crippen LogP contribution in [0.4, 0.5) is 10.2 Å². The first-order valence-electron chi connectivity index (χ1n) is 8.39. The fourth-order valence-electron chi connectivity index (χ4n) is 3.88. The van der Waals surface area contributed by atoms with Crippen molar-refractivity contribution in [2.24, 2.45) is 0 Å². The Morgan fingerprint density at radius 2 is 2.26 bits per heavy atom. The fourth-order valence-corrected chi connectivity index (χ4v) is 3.88. The van der Waals surface area contributed by atoms with Gasteiger partial charge in [0.05, 0.1) is 18.2 Å². The number of carbonyl (C=O) groups excluding carboxylic acids is 1. The minimum Gasteiger partial charge on any atom is -0.371 e. The maximum atomic E-state index is 14.3. The summed E-state index contributed by atoms with van der Waals surface area (Å²) in [6, 6.07) is 5.93. The van der Waals surface area contributed by atoms with Crippen LogP contribution in [0, 0.1) is 0 Å². The number of alkyl halides is 1. The zero-order chi connectivity index (χ0) is 15.9. The summed E-state index contributed by atoms with van der Waals surface area (Å²) in [4.78, 5) is 18.3. The molecule has 1 aliphatic carbocycles. The van der Waals surface area contributed by atoms with Crippen molar-refractivity contribution in [3.8, 4) is 0 Å². The molecule has 1 aromatic rings. The molecule has 0 bridgehead atoms. The number of nitrogens with zero attached hydrogens (tertiary/aromatic N) is 2.